The van der Waals surface area contributed by atoms with Gasteiger partial charge in [-0.1, -0.05) is 31.6 Å². The molecule has 8 heteroatoms. The van der Waals surface area contributed by atoms with Crippen LogP contribution in [0.4, 0.5) is 10.2 Å². The quantitative estimate of drug-likeness (QED) is 0.330. The summed E-state index contributed by atoms with van der Waals surface area (Å²) in [7, 11) is 0. The lowest BCUT2D eigenvalue weighted by Crippen LogP contribution is -2.51. The van der Waals surface area contributed by atoms with Crippen LogP contribution in [-0.2, 0) is 6.42 Å². The van der Waals surface area contributed by atoms with Gasteiger partial charge in [-0.05, 0) is 101 Å². The minimum Gasteiger partial charge on any atom is -0.461 e. The van der Waals surface area contributed by atoms with E-state index in [0.29, 0.717) is 35.3 Å². The Labute approximate surface area is 254 Å². The molecule has 4 fully saturated rings. The predicted octanol–water partition coefficient (Wildman–Crippen LogP) is 6.38. The summed E-state index contributed by atoms with van der Waals surface area (Å²) >= 11 is 0. The van der Waals surface area contributed by atoms with Gasteiger partial charge in [0.25, 0.3) is 0 Å². The van der Waals surface area contributed by atoms with Crippen LogP contribution >= 0.6 is 0 Å². The molecule has 3 aromatic rings. The summed E-state index contributed by atoms with van der Waals surface area (Å²) in [6.45, 7) is 12.9. The highest BCUT2D eigenvalue weighted by molar-refractivity contribution is 5.93. The maximum absolute atomic E-state index is 17.0. The highest BCUT2D eigenvalue weighted by atomic mass is 19.1. The van der Waals surface area contributed by atoms with E-state index < -0.39 is 5.82 Å². The number of halogens is 1. The van der Waals surface area contributed by atoms with Crippen molar-refractivity contribution in [2.45, 2.75) is 96.7 Å². The molecule has 0 amide bonds. The average molecular weight is 585 g/mol. The first-order valence-electron chi connectivity index (χ1n) is 16.4. The molecule has 4 aliphatic heterocycles. The van der Waals surface area contributed by atoms with Gasteiger partial charge in [-0.2, -0.15) is 9.97 Å². The van der Waals surface area contributed by atoms with Crippen molar-refractivity contribution in [3.63, 3.8) is 0 Å². The van der Waals surface area contributed by atoms with Crippen molar-refractivity contribution in [1.82, 2.24) is 25.2 Å². The number of allylic oxidation sites excluding steroid dienone is 1. The fourth-order valence-electron chi connectivity index (χ4n) is 8.28. The number of piperazine rings is 1. The Morgan fingerprint density at radius 2 is 1.86 bits per heavy atom. The largest absolute Gasteiger partial charge is 0.461 e. The van der Waals surface area contributed by atoms with Crippen LogP contribution in [0.1, 0.15) is 81.0 Å². The molecule has 1 aromatic carbocycles. The van der Waals surface area contributed by atoms with Gasteiger partial charge in [-0.3, -0.25) is 9.88 Å². The topological polar surface area (TPSA) is 66.4 Å². The van der Waals surface area contributed by atoms with E-state index in [2.05, 4.69) is 48.0 Å². The van der Waals surface area contributed by atoms with Crippen molar-refractivity contribution in [1.29, 1.82) is 0 Å². The SMILES string of the molecule is C/C=C\c1c(CCC)cc(C)c(C)c1-c1ncc2c(N3CC4CCC(C3)N4)nc(OCC34CCCN3CCC4)nc2c1F. The molecule has 2 aromatic heterocycles. The van der Waals surface area contributed by atoms with Gasteiger partial charge in [0.1, 0.15) is 23.6 Å². The molecule has 0 spiro atoms. The first-order valence-corrected chi connectivity index (χ1v) is 16.4. The summed E-state index contributed by atoms with van der Waals surface area (Å²) in [6, 6.07) is 3.37. The Kier molecular flexibility index (Phi) is 7.62. The van der Waals surface area contributed by atoms with Crippen LogP contribution in [0, 0.1) is 19.7 Å². The lowest BCUT2D eigenvalue weighted by molar-refractivity contribution is 0.108. The van der Waals surface area contributed by atoms with E-state index in [1.165, 1.54) is 18.4 Å². The minimum absolute atomic E-state index is 0.0598. The number of aromatic nitrogens is 3. The number of ether oxygens (including phenoxy) is 1. The first kappa shape index (κ1) is 28.7. The van der Waals surface area contributed by atoms with Crippen LogP contribution < -0.4 is 15.0 Å². The van der Waals surface area contributed by atoms with Crippen LogP contribution in [-0.4, -0.2) is 70.3 Å². The van der Waals surface area contributed by atoms with E-state index >= 15 is 4.39 Å². The van der Waals surface area contributed by atoms with Crippen molar-refractivity contribution in [3.05, 3.63) is 46.4 Å². The van der Waals surface area contributed by atoms with E-state index in [1.807, 2.05) is 13.0 Å². The standard InChI is InChI=1S/C35H45FN6O/c1-5-9-24-17-22(3)23(4)29(27(24)10-6-2)32-30(36)31-28(18-37-32)33(41-19-25-11-12-26(20-41)38-25)40-34(39-31)43-21-35-13-7-15-42(35)16-8-14-35/h6,10,17-18,25-26,38H,5,7-9,11-16,19-21H2,1-4H3/b10-6-. The molecule has 0 radical (unpaired) electrons. The van der Waals surface area contributed by atoms with Crippen molar-refractivity contribution in [3.8, 4) is 17.3 Å². The number of hydrogen-bond donors (Lipinski definition) is 1. The number of fused-ring (bicyclic) bond motifs is 4. The average Bonchev–Trinajstić information content (AvgIpc) is 3.69. The van der Waals surface area contributed by atoms with Gasteiger partial charge in [0.2, 0.25) is 0 Å². The second-order valence-electron chi connectivity index (χ2n) is 13.3. The number of rotatable bonds is 8. The molecule has 2 bridgehead atoms. The third-order valence-corrected chi connectivity index (χ3v) is 10.5. The molecule has 4 saturated heterocycles. The Morgan fingerprint density at radius 1 is 1.12 bits per heavy atom. The summed E-state index contributed by atoms with van der Waals surface area (Å²) in [5.41, 5.74) is 6.03. The smallest absolute Gasteiger partial charge is 0.319 e. The molecule has 0 saturated carbocycles. The third kappa shape index (κ3) is 5.00. The molecule has 6 heterocycles. The number of benzene rings is 1. The molecule has 43 heavy (non-hydrogen) atoms. The van der Waals surface area contributed by atoms with Crippen molar-refractivity contribution < 1.29 is 9.13 Å². The molecule has 4 aliphatic rings. The predicted molar refractivity (Wildman–Crippen MR) is 171 cm³/mol. The van der Waals surface area contributed by atoms with Gasteiger partial charge in [0.05, 0.1) is 10.9 Å². The molecule has 2 atom stereocenters. The molecule has 0 aliphatic carbocycles. The molecule has 1 N–H and O–H groups in total. The summed E-state index contributed by atoms with van der Waals surface area (Å²) < 4.78 is 23.4. The highest BCUT2D eigenvalue weighted by Gasteiger charge is 2.45. The van der Waals surface area contributed by atoms with E-state index in [4.69, 9.17) is 19.7 Å². The molecule has 7 nitrogen and oxygen atoms in total. The van der Waals surface area contributed by atoms with Gasteiger partial charge in [-0.15, -0.1) is 0 Å². The minimum atomic E-state index is -0.396. The number of nitrogens with zero attached hydrogens (tertiary/aromatic N) is 5. The Balaban J connectivity index is 1.36. The maximum atomic E-state index is 17.0. The first-order chi connectivity index (χ1) is 20.9. The second kappa shape index (κ2) is 11.4. The molecular formula is C35H45FN6O. The number of hydrogen-bond acceptors (Lipinski definition) is 7. The summed E-state index contributed by atoms with van der Waals surface area (Å²) in [5.74, 6) is 0.345. The van der Waals surface area contributed by atoms with E-state index in [0.717, 1.165) is 92.8 Å². The Hall–Kier alpha value is -3.10. The van der Waals surface area contributed by atoms with Crippen LogP contribution in [0.25, 0.3) is 28.2 Å². The summed E-state index contributed by atoms with van der Waals surface area (Å²) in [6.07, 6.45) is 14.9. The summed E-state index contributed by atoms with van der Waals surface area (Å²) in [5, 5.41) is 4.36. The normalized spacial score (nSPS) is 23.1. The molecular weight excluding hydrogens is 539 g/mol. The fraction of sp³-hybridized carbons (Fsp3) is 0.571. The van der Waals surface area contributed by atoms with Crippen molar-refractivity contribution in [2.24, 2.45) is 0 Å². The van der Waals surface area contributed by atoms with E-state index in [9.17, 15) is 0 Å². The highest BCUT2D eigenvalue weighted by Crippen LogP contribution is 2.41. The van der Waals surface area contributed by atoms with E-state index in [-0.39, 0.29) is 11.5 Å². The Bertz CT molecular complexity index is 1550. The number of pyridine rings is 1. The van der Waals surface area contributed by atoms with Gasteiger partial charge >= 0.3 is 6.01 Å². The van der Waals surface area contributed by atoms with Crippen molar-refractivity contribution in [2.75, 3.05) is 37.7 Å². The monoisotopic (exact) mass is 584 g/mol. The van der Waals surface area contributed by atoms with Crippen molar-refractivity contribution >= 4 is 22.8 Å². The van der Waals surface area contributed by atoms with Crippen LogP contribution in [0.2, 0.25) is 0 Å². The molecule has 7 rings (SSSR count). The lowest BCUT2D eigenvalue weighted by Gasteiger charge is -2.34. The van der Waals surface area contributed by atoms with Crippen LogP contribution in [0.5, 0.6) is 6.01 Å². The number of nitrogens with one attached hydrogen (secondary N) is 1. The van der Waals surface area contributed by atoms with Gasteiger partial charge in [0.15, 0.2) is 5.82 Å². The third-order valence-electron chi connectivity index (χ3n) is 10.5. The van der Waals surface area contributed by atoms with Crippen LogP contribution in [0.3, 0.4) is 0 Å². The van der Waals surface area contributed by atoms with E-state index in [1.54, 1.807) is 6.20 Å². The zero-order valence-corrected chi connectivity index (χ0v) is 26.2. The molecule has 228 valence electrons. The summed E-state index contributed by atoms with van der Waals surface area (Å²) in [4.78, 5) is 19.5. The number of anilines is 1. The van der Waals surface area contributed by atoms with Gasteiger partial charge < -0.3 is 15.0 Å². The Morgan fingerprint density at radius 3 is 2.56 bits per heavy atom. The maximum Gasteiger partial charge on any atom is 0.319 e. The lowest BCUT2D eigenvalue weighted by atomic mass is 9.88. The van der Waals surface area contributed by atoms with Gasteiger partial charge in [-0.25, -0.2) is 4.39 Å². The molecule has 2 unspecified atom stereocenters. The van der Waals surface area contributed by atoms with Crippen LogP contribution in [0.15, 0.2) is 18.3 Å². The zero-order chi connectivity index (χ0) is 29.7. The fourth-order valence-corrected chi connectivity index (χ4v) is 8.28. The van der Waals surface area contributed by atoms with Gasteiger partial charge in [0, 0.05) is 36.9 Å². The zero-order valence-electron chi connectivity index (χ0n) is 26.2. The number of aryl methyl sites for hydroxylation is 2. The second-order valence-corrected chi connectivity index (χ2v) is 13.3.